The SMILES string of the molecule is O=C(NNC(=O)c1cn2cc(C(F)(F)F)cc(Cl)c2n1)c1cn2cc(C(F)(F)F)cc(Cl)c2n1. The van der Waals surface area contributed by atoms with E-state index >= 15 is 0 Å². The van der Waals surface area contributed by atoms with Crippen LogP contribution in [0.25, 0.3) is 11.3 Å². The molecule has 0 radical (unpaired) electrons. The van der Waals surface area contributed by atoms with E-state index in [0.717, 1.165) is 21.2 Å². The van der Waals surface area contributed by atoms with Crippen molar-refractivity contribution < 1.29 is 35.9 Å². The third-order valence-electron chi connectivity index (χ3n) is 4.42. The first-order valence-corrected chi connectivity index (χ1v) is 9.61. The van der Waals surface area contributed by atoms with Crippen LogP contribution < -0.4 is 10.9 Å². The molecule has 34 heavy (non-hydrogen) atoms. The number of rotatable bonds is 2. The lowest BCUT2D eigenvalue weighted by atomic mass is 10.3. The minimum Gasteiger partial charge on any atom is -0.304 e. The Kier molecular flexibility index (Phi) is 5.60. The largest absolute Gasteiger partial charge is 0.417 e. The molecule has 4 aromatic heterocycles. The minimum absolute atomic E-state index is 0.137. The van der Waals surface area contributed by atoms with Gasteiger partial charge in [-0.2, -0.15) is 26.3 Å². The van der Waals surface area contributed by atoms with Crippen molar-refractivity contribution in [2.24, 2.45) is 0 Å². The number of aromatic nitrogens is 4. The minimum atomic E-state index is -4.68. The normalized spacial score (nSPS) is 12.4. The molecule has 2 amide bonds. The highest BCUT2D eigenvalue weighted by Crippen LogP contribution is 2.33. The first-order valence-electron chi connectivity index (χ1n) is 8.85. The average molecular weight is 525 g/mol. The highest BCUT2D eigenvalue weighted by atomic mass is 35.5. The summed E-state index contributed by atoms with van der Waals surface area (Å²) >= 11 is 11.6. The van der Waals surface area contributed by atoms with Gasteiger partial charge in [0.2, 0.25) is 0 Å². The van der Waals surface area contributed by atoms with Gasteiger partial charge in [0.05, 0.1) is 21.2 Å². The summed E-state index contributed by atoms with van der Waals surface area (Å²) in [7, 11) is 0. The van der Waals surface area contributed by atoms with E-state index in [2.05, 4.69) is 9.97 Å². The molecule has 4 heterocycles. The number of carbonyl (C=O) groups excluding carboxylic acids is 2. The summed E-state index contributed by atoms with van der Waals surface area (Å²) in [6.45, 7) is 0. The van der Waals surface area contributed by atoms with Gasteiger partial charge >= 0.3 is 12.4 Å². The molecule has 0 saturated heterocycles. The van der Waals surface area contributed by atoms with Crippen LogP contribution in [0.15, 0.2) is 36.9 Å². The molecule has 0 aliphatic rings. The Bertz CT molecular complexity index is 1350. The summed E-state index contributed by atoms with van der Waals surface area (Å²) < 4.78 is 79.3. The van der Waals surface area contributed by atoms with Crippen LogP contribution >= 0.6 is 23.2 Å². The molecule has 0 saturated carbocycles. The van der Waals surface area contributed by atoms with E-state index < -0.39 is 35.3 Å². The maximum absolute atomic E-state index is 12.9. The Balaban J connectivity index is 1.52. The van der Waals surface area contributed by atoms with E-state index in [1.165, 1.54) is 0 Å². The maximum atomic E-state index is 12.9. The van der Waals surface area contributed by atoms with Crippen LogP contribution in [-0.4, -0.2) is 30.6 Å². The van der Waals surface area contributed by atoms with Crippen LogP contribution in [0.1, 0.15) is 32.1 Å². The maximum Gasteiger partial charge on any atom is 0.417 e. The summed E-state index contributed by atoms with van der Waals surface area (Å²) in [5.41, 5.74) is 0.780. The van der Waals surface area contributed by atoms with E-state index in [9.17, 15) is 35.9 Å². The van der Waals surface area contributed by atoms with Crippen molar-refractivity contribution in [1.29, 1.82) is 0 Å². The van der Waals surface area contributed by atoms with E-state index in [1.54, 1.807) is 0 Å². The van der Waals surface area contributed by atoms with Crippen molar-refractivity contribution in [3.05, 3.63) is 69.5 Å². The predicted octanol–water partition coefficient (Wildman–Crippen LogP) is 4.40. The Hall–Kier alpha value is -3.52. The number of nitrogens with one attached hydrogen (secondary N) is 2. The standard InChI is InChI=1S/C18H8Cl2F6N6O2/c19-9-1-7(17(21,22)23)3-31-5-11(27-13(9)31)15(33)29-30-16(34)12-6-32-4-8(18(24,25)26)2-10(20)14(32)28-12/h1-6H,(H,29,33)(H,30,34). The van der Waals surface area contributed by atoms with E-state index in [1.807, 2.05) is 10.9 Å². The summed E-state index contributed by atoms with van der Waals surface area (Å²) in [4.78, 5) is 32.2. The highest BCUT2D eigenvalue weighted by Gasteiger charge is 2.33. The summed E-state index contributed by atoms with van der Waals surface area (Å²) in [6.07, 6.45) is -6.09. The predicted molar refractivity (Wildman–Crippen MR) is 105 cm³/mol. The fourth-order valence-electron chi connectivity index (χ4n) is 2.88. The number of imidazole rings is 2. The summed E-state index contributed by atoms with van der Waals surface area (Å²) in [5, 5.41) is -0.726. The van der Waals surface area contributed by atoms with E-state index in [0.29, 0.717) is 24.5 Å². The van der Waals surface area contributed by atoms with Gasteiger partial charge in [0.25, 0.3) is 11.8 Å². The van der Waals surface area contributed by atoms with Crippen LogP contribution in [0.5, 0.6) is 0 Å². The van der Waals surface area contributed by atoms with Gasteiger partial charge in [0.1, 0.15) is 11.4 Å². The highest BCUT2D eigenvalue weighted by molar-refractivity contribution is 6.34. The fraction of sp³-hybridized carbons (Fsp3) is 0.111. The number of hydrogen-bond acceptors (Lipinski definition) is 4. The summed E-state index contributed by atoms with van der Waals surface area (Å²) in [5.74, 6) is -2.02. The second-order valence-corrected chi connectivity index (χ2v) is 7.59. The lowest BCUT2D eigenvalue weighted by molar-refractivity contribution is -0.138. The Morgan fingerprint density at radius 3 is 1.38 bits per heavy atom. The molecule has 2 N–H and O–H groups in total. The number of alkyl halides is 6. The second kappa shape index (κ2) is 8.06. The Labute approximate surface area is 194 Å². The molecule has 0 aliphatic carbocycles. The van der Waals surface area contributed by atoms with E-state index in [4.69, 9.17) is 23.2 Å². The zero-order valence-corrected chi connectivity index (χ0v) is 17.6. The zero-order valence-electron chi connectivity index (χ0n) is 16.1. The van der Waals surface area contributed by atoms with E-state index in [-0.39, 0.29) is 32.7 Å². The molecule has 8 nitrogen and oxygen atoms in total. The van der Waals surface area contributed by atoms with Gasteiger partial charge in [-0.25, -0.2) is 9.97 Å². The molecule has 0 aliphatic heterocycles. The van der Waals surface area contributed by atoms with Crippen molar-refractivity contribution in [2.45, 2.75) is 12.4 Å². The number of hydrogen-bond donors (Lipinski definition) is 2. The smallest absolute Gasteiger partial charge is 0.304 e. The number of carbonyl (C=O) groups is 2. The molecule has 16 heteroatoms. The van der Waals surface area contributed by atoms with Crippen molar-refractivity contribution in [1.82, 2.24) is 29.6 Å². The number of nitrogens with zero attached hydrogens (tertiary/aromatic N) is 4. The van der Waals surface area contributed by atoms with Crippen LogP contribution in [0, 0.1) is 0 Å². The van der Waals surface area contributed by atoms with Crippen molar-refractivity contribution in [3.8, 4) is 0 Å². The lowest BCUT2D eigenvalue weighted by Crippen LogP contribution is -2.41. The molecule has 178 valence electrons. The Morgan fingerprint density at radius 2 is 1.06 bits per heavy atom. The number of halogens is 8. The molecule has 0 atom stereocenters. The molecule has 4 rings (SSSR count). The quantitative estimate of drug-likeness (QED) is 0.300. The van der Waals surface area contributed by atoms with Gasteiger partial charge in [0.15, 0.2) is 11.3 Å². The Morgan fingerprint density at radius 1 is 0.706 bits per heavy atom. The average Bonchev–Trinajstić information content (AvgIpc) is 3.35. The first-order chi connectivity index (χ1) is 15.7. The van der Waals surface area contributed by atoms with Gasteiger partial charge < -0.3 is 8.80 Å². The van der Waals surface area contributed by atoms with Crippen molar-refractivity contribution in [2.75, 3.05) is 0 Å². The second-order valence-electron chi connectivity index (χ2n) is 6.77. The van der Waals surface area contributed by atoms with Gasteiger partial charge in [-0.05, 0) is 12.1 Å². The molecule has 0 spiro atoms. The molecule has 0 fully saturated rings. The fourth-order valence-corrected chi connectivity index (χ4v) is 3.40. The number of pyridine rings is 2. The van der Waals surface area contributed by atoms with Crippen molar-refractivity contribution in [3.63, 3.8) is 0 Å². The van der Waals surface area contributed by atoms with Gasteiger partial charge in [-0.3, -0.25) is 20.4 Å². The van der Waals surface area contributed by atoms with Crippen LogP contribution in [0.2, 0.25) is 10.0 Å². The first kappa shape index (κ1) is 23.6. The third kappa shape index (κ3) is 4.46. The van der Waals surface area contributed by atoms with Crippen LogP contribution in [-0.2, 0) is 12.4 Å². The number of hydrazine groups is 1. The van der Waals surface area contributed by atoms with Crippen LogP contribution in [0.4, 0.5) is 26.3 Å². The molecular weight excluding hydrogens is 517 g/mol. The van der Waals surface area contributed by atoms with Crippen LogP contribution in [0.3, 0.4) is 0 Å². The zero-order chi connectivity index (χ0) is 25.0. The molecule has 4 aromatic rings. The topological polar surface area (TPSA) is 92.8 Å². The number of amides is 2. The monoisotopic (exact) mass is 524 g/mol. The molecule has 0 bridgehead atoms. The molecular formula is C18H8Cl2F6N6O2. The molecule has 0 unspecified atom stereocenters. The van der Waals surface area contributed by atoms with Gasteiger partial charge in [-0.1, -0.05) is 23.2 Å². The van der Waals surface area contributed by atoms with Gasteiger partial charge in [0, 0.05) is 24.8 Å². The van der Waals surface area contributed by atoms with Gasteiger partial charge in [-0.15, -0.1) is 0 Å². The summed E-state index contributed by atoms with van der Waals surface area (Å²) in [6, 6.07) is 1.29. The van der Waals surface area contributed by atoms with Crippen molar-refractivity contribution >= 4 is 46.3 Å². The number of fused-ring (bicyclic) bond motifs is 2. The third-order valence-corrected chi connectivity index (χ3v) is 4.98. The molecule has 0 aromatic carbocycles. The lowest BCUT2D eigenvalue weighted by Gasteiger charge is -2.07.